The summed E-state index contributed by atoms with van der Waals surface area (Å²) in [4.78, 5) is 29.4. The number of aromatic nitrogens is 3. The van der Waals surface area contributed by atoms with E-state index < -0.39 is 0 Å². The van der Waals surface area contributed by atoms with Crippen LogP contribution < -0.4 is 5.32 Å². The van der Waals surface area contributed by atoms with Crippen LogP contribution in [0.5, 0.6) is 0 Å². The van der Waals surface area contributed by atoms with Crippen LogP contribution in [0.3, 0.4) is 0 Å². The van der Waals surface area contributed by atoms with Crippen molar-refractivity contribution >= 4 is 17.4 Å². The van der Waals surface area contributed by atoms with E-state index in [1.54, 1.807) is 10.9 Å². The molecular formula is C23H26N4O2. The molecule has 150 valence electrons. The molecule has 0 unspecified atom stereocenters. The number of Topliss-reactive ketones (excluding diaryl/α,β-unsaturated/α-hetero) is 1. The van der Waals surface area contributed by atoms with Crippen LogP contribution in [0.15, 0.2) is 48.8 Å². The van der Waals surface area contributed by atoms with Crippen molar-refractivity contribution in [2.45, 2.75) is 32.6 Å². The molecule has 0 aliphatic heterocycles. The Kier molecular flexibility index (Phi) is 5.34. The largest absolute Gasteiger partial charge is 0.361 e. The number of aryl methyl sites for hydroxylation is 2. The van der Waals surface area contributed by atoms with Gasteiger partial charge in [-0.25, -0.2) is 0 Å². The lowest BCUT2D eigenvalue weighted by Crippen LogP contribution is -2.36. The number of nitrogens with one attached hydrogen (secondary N) is 2. The maximum Gasteiger partial charge on any atom is 0.228 e. The van der Waals surface area contributed by atoms with E-state index in [-0.39, 0.29) is 23.5 Å². The number of rotatable bonds is 5. The molecule has 0 bridgehead atoms. The van der Waals surface area contributed by atoms with Gasteiger partial charge >= 0.3 is 0 Å². The van der Waals surface area contributed by atoms with Crippen LogP contribution in [0.2, 0.25) is 0 Å². The summed E-state index contributed by atoms with van der Waals surface area (Å²) in [5.74, 6) is -0.607. The molecule has 29 heavy (non-hydrogen) atoms. The van der Waals surface area contributed by atoms with E-state index in [0.29, 0.717) is 11.3 Å². The van der Waals surface area contributed by atoms with Gasteiger partial charge < -0.3 is 10.3 Å². The molecule has 2 heterocycles. The fourth-order valence-corrected chi connectivity index (χ4v) is 4.24. The van der Waals surface area contributed by atoms with Crippen LogP contribution in [0, 0.1) is 18.8 Å². The molecule has 1 fully saturated rings. The van der Waals surface area contributed by atoms with Crippen molar-refractivity contribution in [2.24, 2.45) is 18.9 Å². The first kappa shape index (κ1) is 19.2. The third-order valence-corrected chi connectivity index (χ3v) is 5.79. The lowest BCUT2D eigenvalue weighted by atomic mass is 9.75. The van der Waals surface area contributed by atoms with E-state index in [1.807, 2.05) is 56.6 Å². The predicted molar refractivity (Wildman–Crippen MR) is 113 cm³/mol. The zero-order valence-electron chi connectivity index (χ0n) is 16.8. The van der Waals surface area contributed by atoms with Crippen molar-refractivity contribution in [2.75, 3.05) is 5.32 Å². The fraction of sp³-hybridized carbons (Fsp3) is 0.348. The first-order chi connectivity index (χ1) is 14.0. The number of benzene rings is 1. The van der Waals surface area contributed by atoms with Crippen molar-refractivity contribution in [3.8, 4) is 11.3 Å². The molecule has 1 aromatic carbocycles. The molecule has 3 aromatic rings. The zero-order chi connectivity index (χ0) is 20.4. The minimum Gasteiger partial charge on any atom is -0.361 e. The summed E-state index contributed by atoms with van der Waals surface area (Å²) < 4.78 is 1.68. The van der Waals surface area contributed by atoms with Gasteiger partial charge in [0.1, 0.15) is 0 Å². The van der Waals surface area contributed by atoms with Crippen molar-refractivity contribution in [1.29, 1.82) is 0 Å². The molecule has 1 amide bonds. The molecule has 2 N–H and O–H groups in total. The Morgan fingerprint density at radius 2 is 1.83 bits per heavy atom. The van der Waals surface area contributed by atoms with Crippen molar-refractivity contribution < 1.29 is 9.59 Å². The number of hydrogen-bond donors (Lipinski definition) is 2. The summed E-state index contributed by atoms with van der Waals surface area (Å²) in [5, 5.41) is 7.26. The van der Waals surface area contributed by atoms with E-state index in [4.69, 9.17) is 0 Å². The number of amides is 1. The molecule has 0 spiro atoms. The van der Waals surface area contributed by atoms with Crippen molar-refractivity contribution in [3.05, 3.63) is 60.0 Å². The van der Waals surface area contributed by atoms with E-state index in [0.717, 1.165) is 42.6 Å². The van der Waals surface area contributed by atoms with Crippen LogP contribution in [0.4, 0.5) is 5.69 Å². The van der Waals surface area contributed by atoms with Gasteiger partial charge in [-0.1, -0.05) is 37.1 Å². The highest BCUT2D eigenvalue weighted by Crippen LogP contribution is 2.34. The van der Waals surface area contributed by atoms with Gasteiger partial charge in [-0.2, -0.15) is 5.10 Å². The van der Waals surface area contributed by atoms with E-state index in [2.05, 4.69) is 15.4 Å². The molecule has 4 rings (SSSR count). The first-order valence-electron chi connectivity index (χ1n) is 10.1. The molecule has 2 aromatic heterocycles. The summed E-state index contributed by atoms with van der Waals surface area (Å²) in [6.45, 7) is 1.87. The van der Waals surface area contributed by atoms with Gasteiger partial charge in [0, 0.05) is 42.5 Å². The summed E-state index contributed by atoms with van der Waals surface area (Å²) in [6.07, 6.45) is 7.12. The van der Waals surface area contributed by atoms with Gasteiger partial charge in [0.25, 0.3) is 0 Å². The highest BCUT2D eigenvalue weighted by molar-refractivity contribution is 6.03. The quantitative estimate of drug-likeness (QED) is 0.636. The Hall–Kier alpha value is -3.15. The number of nitrogens with zero attached hydrogens (tertiary/aromatic N) is 2. The maximum absolute atomic E-state index is 13.2. The van der Waals surface area contributed by atoms with Gasteiger partial charge in [-0.15, -0.1) is 0 Å². The van der Waals surface area contributed by atoms with Crippen LogP contribution in [-0.2, 0) is 11.8 Å². The minimum atomic E-state index is -0.307. The summed E-state index contributed by atoms with van der Waals surface area (Å²) in [6, 6.07) is 11.6. The Labute approximate surface area is 170 Å². The predicted octanol–water partition coefficient (Wildman–Crippen LogP) is 4.35. The SMILES string of the molecule is Cc1nn(C)cc1NC(=O)[C@@H]1CCCC[C@H]1C(=O)c1ccc(-c2ccc[nH]2)cc1. The van der Waals surface area contributed by atoms with Crippen LogP contribution in [0.25, 0.3) is 11.3 Å². The third kappa shape index (κ3) is 4.01. The maximum atomic E-state index is 13.2. The summed E-state index contributed by atoms with van der Waals surface area (Å²) in [7, 11) is 1.83. The van der Waals surface area contributed by atoms with Gasteiger partial charge in [0.15, 0.2) is 5.78 Å². The topological polar surface area (TPSA) is 79.8 Å². The van der Waals surface area contributed by atoms with Crippen LogP contribution in [0.1, 0.15) is 41.7 Å². The first-order valence-corrected chi connectivity index (χ1v) is 10.1. The van der Waals surface area contributed by atoms with Crippen LogP contribution in [-0.4, -0.2) is 26.5 Å². The molecule has 1 saturated carbocycles. The van der Waals surface area contributed by atoms with Gasteiger partial charge in [0.05, 0.1) is 11.4 Å². The van der Waals surface area contributed by atoms with E-state index in [1.165, 1.54) is 0 Å². The Balaban J connectivity index is 1.51. The molecule has 0 saturated heterocycles. The average molecular weight is 390 g/mol. The molecule has 2 atom stereocenters. The molecule has 1 aliphatic rings. The fourth-order valence-electron chi connectivity index (χ4n) is 4.24. The van der Waals surface area contributed by atoms with E-state index in [9.17, 15) is 9.59 Å². The third-order valence-electron chi connectivity index (χ3n) is 5.79. The lowest BCUT2D eigenvalue weighted by molar-refractivity contribution is -0.122. The Morgan fingerprint density at radius 3 is 2.45 bits per heavy atom. The zero-order valence-corrected chi connectivity index (χ0v) is 16.8. The molecular weight excluding hydrogens is 364 g/mol. The molecule has 6 nitrogen and oxygen atoms in total. The second-order valence-corrected chi connectivity index (χ2v) is 7.81. The Bertz CT molecular complexity index is 1000. The number of carbonyl (C=O) groups excluding carboxylic acids is 2. The molecule has 1 aliphatic carbocycles. The monoisotopic (exact) mass is 390 g/mol. The molecule has 6 heteroatoms. The highest BCUT2D eigenvalue weighted by Gasteiger charge is 2.36. The van der Waals surface area contributed by atoms with E-state index >= 15 is 0 Å². The number of hydrogen-bond acceptors (Lipinski definition) is 3. The minimum absolute atomic E-state index is 0.0609. The lowest BCUT2D eigenvalue weighted by Gasteiger charge is -2.29. The van der Waals surface area contributed by atoms with Gasteiger partial charge in [0.2, 0.25) is 5.91 Å². The number of carbonyl (C=O) groups is 2. The standard InChI is InChI=1S/C23H26N4O2/c1-15-21(14-27(2)26-15)25-23(29)19-7-4-3-6-18(19)22(28)17-11-9-16(10-12-17)20-8-5-13-24-20/h5,8-14,18-19,24H,3-4,6-7H2,1-2H3,(H,25,29)/t18-,19-/m1/s1. The average Bonchev–Trinajstić information content (AvgIpc) is 3.37. The van der Waals surface area contributed by atoms with Gasteiger partial charge in [-0.3, -0.25) is 14.3 Å². The number of anilines is 1. The summed E-state index contributed by atoms with van der Waals surface area (Å²) >= 11 is 0. The van der Waals surface area contributed by atoms with Crippen molar-refractivity contribution in [1.82, 2.24) is 14.8 Å². The number of aromatic amines is 1. The highest BCUT2D eigenvalue weighted by atomic mass is 16.2. The number of H-pyrrole nitrogens is 1. The van der Waals surface area contributed by atoms with Gasteiger partial charge in [-0.05, 0) is 37.5 Å². The van der Waals surface area contributed by atoms with Crippen LogP contribution >= 0.6 is 0 Å². The summed E-state index contributed by atoms with van der Waals surface area (Å²) in [5.41, 5.74) is 4.22. The van der Waals surface area contributed by atoms with Crippen molar-refractivity contribution in [3.63, 3.8) is 0 Å². The number of ketones is 1. The second-order valence-electron chi connectivity index (χ2n) is 7.81. The normalized spacial score (nSPS) is 19.1. The second kappa shape index (κ2) is 8.07. The Morgan fingerprint density at radius 1 is 1.10 bits per heavy atom. The smallest absolute Gasteiger partial charge is 0.228 e. The molecule has 0 radical (unpaired) electrons.